The number of amides is 1. The summed E-state index contributed by atoms with van der Waals surface area (Å²) in [4.78, 5) is 22.7. The average Bonchev–Trinajstić information content (AvgIpc) is 2.20. The Morgan fingerprint density at radius 1 is 1.41 bits per heavy atom. The number of ether oxygens (including phenoxy) is 1. The van der Waals surface area contributed by atoms with Crippen molar-refractivity contribution in [3.8, 4) is 0 Å². The number of carbonyl (C=O) groups excluding carboxylic acids is 1. The molecule has 2 unspecified atom stereocenters. The van der Waals surface area contributed by atoms with Gasteiger partial charge in [-0.25, -0.2) is 4.79 Å². The van der Waals surface area contributed by atoms with Crippen molar-refractivity contribution in [1.82, 2.24) is 5.32 Å². The minimum Gasteiger partial charge on any atom is -0.480 e. The normalized spacial score (nSPS) is 15.1. The van der Waals surface area contributed by atoms with E-state index in [0.29, 0.717) is 0 Å². The van der Waals surface area contributed by atoms with Crippen LogP contribution in [0.15, 0.2) is 0 Å². The molecule has 6 heteroatoms. The second-order valence-corrected chi connectivity index (χ2v) is 5.00. The van der Waals surface area contributed by atoms with Crippen molar-refractivity contribution in [2.45, 2.75) is 39.3 Å². The molecule has 0 bridgehead atoms. The van der Waals surface area contributed by atoms with Crippen molar-refractivity contribution >= 4 is 11.9 Å². The molecule has 2 atom stereocenters. The van der Waals surface area contributed by atoms with E-state index >= 15 is 0 Å². The first-order valence-corrected chi connectivity index (χ1v) is 5.47. The van der Waals surface area contributed by atoms with Crippen molar-refractivity contribution in [3.05, 3.63) is 0 Å². The molecule has 0 aromatic heterocycles. The molecule has 0 spiro atoms. The van der Waals surface area contributed by atoms with Gasteiger partial charge in [0, 0.05) is 13.7 Å². The molecule has 0 saturated carbocycles. The standard InChI is InChI=1S/C11H22N2O4/c1-11(2,3)9(10(15)16)13-8(14)5-7(6-12)17-4/h7,9H,5-6,12H2,1-4H3,(H,13,14)(H,15,16). The van der Waals surface area contributed by atoms with Crippen LogP contribution in [0.5, 0.6) is 0 Å². The third-order valence-corrected chi connectivity index (χ3v) is 2.43. The van der Waals surface area contributed by atoms with E-state index in [1.165, 1.54) is 7.11 Å². The predicted octanol–water partition coefficient (Wildman–Crippen LogP) is -0.0343. The molecule has 0 radical (unpaired) electrons. The van der Waals surface area contributed by atoms with E-state index in [4.69, 9.17) is 15.6 Å². The van der Waals surface area contributed by atoms with Crippen LogP contribution in [0.3, 0.4) is 0 Å². The van der Waals surface area contributed by atoms with Gasteiger partial charge in [-0.1, -0.05) is 20.8 Å². The average molecular weight is 246 g/mol. The highest BCUT2D eigenvalue weighted by atomic mass is 16.5. The highest BCUT2D eigenvalue weighted by molar-refractivity contribution is 5.84. The molecule has 100 valence electrons. The van der Waals surface area contributed by atoms with Crippen molar-refractivity contribution in [3.63, 3.8) is 0 Å². The van der Waals surface area contributed by atoms with Gasteiger partial charge >= 0.3 is 5.97 Å². The molecule has 17 heavy (non-hydrogen) atoms. The lowest BCUT2D eigenvalue weighted by molar-refractivity contribution is -0.145. The maximum Gasteiger partial charge on any atom is 0.326 e. The fraction of sp³-hybridized carbons (Fsp3) is 0.818. The van der Waals surface area contributed by atoms with Crippen LogP contribution in [0.1, 0.15) is 27.2 Å². The van der Waals surface area contributed by atoms with Crippen LogP contribution < -0.4 is 11.1 Å². The third kappa shape index (κ3) is 5.65. The lowest BCUT2D eigenvalue weighted by Gasteiger charge is -2.28. The summed E-state index contributed by atoms with van der Waals surface area (Å²) in [6.07, 6.45) is -0.322. The molecule has 0 aromatic carbocycles. The molecule has 0 aliphatic carbocycles. The molecule has 0 aromatic rings. The molecule has 4 N–H and O–H groups in total. The lowest BCUT2D eigenvalue weighted by Crippen LogP contribution is -2.50. The van der Waals surface area contributed by atoms with Crippen LogP contribution in [-0.2, 0) is 14.3 Å². The Morgan fingerprint density at radius 2 is 1.94 bits per heavy atom. The second kappa shape index (κ2) is 6.56. The van der Waals surface area contributed by atoms with Crippen LogP contribution in [0, 0.1) is 5.41 Å². The number of carboxylic acids is 1. The Kier molecular flexibility index (Phi) is 6.12. The maximum atomic E-state index is 11.6. The maximum absolute atomic E-state index is 11.6. The van der Waals surface area contributed by atoms with Crippen molar-refractivity contribution in [2.24, 2.45) is 11.1 Å². The first kappa shape index (κ1) is 15.9. The smallest absolute Gasteiger partial charge is 0.326 e. The Bertz CT molecular complexity index is 269. The number of carbonyl (C=O) groups is 2. The van der Waals surface area contributed by atoms with E-state index in [1.807, 2.05) is 0 Å². The summed E-state index contributed by atoms with van der Waals surface area (Å²) in [5.74, 6) is -1.42. The molecular weight excluding hydrogens is 224 g/mol. The Balaban J connectivity index is 4.48. The fourth-order valence-electron chi connectivity index (χ4n) is 1.34. The number of nitrogens with one attached hydrogen (secondary N) is 1. The molecule has 0 saturated heterocycles. The SMILES string of the molecule is COC(CN)CC(=O)NC(C(=O)O)C(C)(C)C. The van der Waals surface area contributed by atoms with E-state index < -0.39 is 17.4 Å². The molecule has 0 aliphatic heterocycles. The van der Waals surface area contributed by atoms with Gasteiger partial charge in [0.1, 0.15) is 6.04 Å². The van der Waals surface area contributed by atoms with Gasteiger partial charge in [0.15, 0.2) is 0 Å². The topological polar surface area (TPSA) is 102 Å². The van der Waals surface area contributed by atoms with Crippen LogP contribution in [0.4, 0.5) is 0 Å². The second-order valence-electron chi connectivity index (χ2n) is 5.00. The van der Waals surface area contributed by atoms with E-state index in [1.54, 1.807) is 20.8 Å². The highest BCUT2D eigenvalue weighted by Crippen LogP contribution is 2.19. The first-order valence-electron chi connectivity index (χ1n) is 5.47. The zero-order valence-electron chi connectivity index (χ0n) is 10.8. The Hall–Kier alpha value is -1.14. The molecular formula is C11H22N2O4. The minimum atomic E-state index is -1.05. The van der Waals surface area contributed by atoms with Gasteiger partial charge in [-0.05, 0) is 5.41 Å². The molecule has 0 aliphatic rings. The highest BCUT2D eigenvalue weighted by Gasteiger charge is 2.32. The quantitative estimate of drug-likeness (QED) is 0.610. The number of nitrogens with two attached hydrogens (primary N) is 1. The summed E-state index contributed by atoms with van der Waals surface area (Å²) < 4.78 is 4.96. The van der Waals surface area contributed by atoms with E-state index in [2.05, 4.69) is 5.32 Å². The molecule has 0 rings (SSSR count). The molecule has 0 fully saturated rings. The van der Waals surface area contributed by atoms with Crippen LogP contribution in [0.25, 0.3) is 0 Å². The van der Waals surface area contributed by atoms with Gasteiger partial charge in [0.05, 0.1) is 12.5 Å². The zero-order chi connectivity index (χ0) is 13.6. The monoisotopic (exact) mass is 246 g/mol. The van der Waals surface area contributed by atoms with Crippen LogP contribution in [-0.4, -0.2) is 42.8 Å². The summed E-state index contributed by atoms with van der Waals surface area (Å²) in [5, 5.41) is 11.5. The first-order chi connectivity index (χ1) is 7.72. The van der Waals surface area contributed by atoms with Gasteiger partial charge in [0.25, 0.3) is 0 Å². The van der Waals surface area contributed by atoms with Gasteiger partial charge in [-0.15, -0.1) is 0 Å². The van der Waals surface area contributed by atoms with Crippen molar-refractivity contribution in [1.29, 1.82) is 0 Å². The number of methoxy groups -OCH3 is 1. The van der Waals surface area contributed by atoms with Gasteiger partial charge < -0.3 is 20.9 Å². The largest absolute Gasteiger partial charge is 0.480 e. The van der Waals surface area contributed by atoms with Crippen molar-refractivity contribution < 1.29 is 19.4 Å². The van der Waals surface area contributed by atoms with E-state index in [0.717, 1.165) is 0 Å². The molecule has 1 amide bonds. The van der Waals surface area contributed by atoms with Crippen LogP contribution >= 0.6 is 0 Å². The predicted molar refractivity (Wildman–Crippen MR) is 63.5 cm³/mol. The summed E-state index contributed by atoms with van der Waals surface area (Å²) >= 11 is 0. The van der Waals surface area contributed by atoms with Crippen LogP contribution in [0.2, 0.25) is 0 Å². The number of carboxylic acid groups (broad SMARTS) is 1. The number of hydrogen-bond acceptors (Lipinski definition) is 4. The van der Waals surface area contributed by atoms with E-state index in [-0.39, 0.29) is 25.0 Å². The number of hydrogen-bond donors (Lipinski definition) is 3. The van der Waals surface area contributed by atoms with E-state index in [9.17, 15) is 9.59 Å². The number of rotatable bonds is 6. The summed E-state index contributed by atoms with van der Waals surface area (Å²) in [7, 11) is 1.46. The Labute approximate surface area is 102 Å². The van der Waals surface area contributed by atoms with Gasteiger partial charge in [-0.3, -0.25) is 4.79 Å². The zero-order valence-corrected chi connectivity index (χ0v) is 10.8. The number of aliphatic carboxylic acids is 1. The third-order valence-electron chi connectivity index (χ3n) is 2.43. The fourth-order valence-corrected chi connectivity index (χ4v) is 1.34. The molecule has 0 heterocycles. The van der Waals surface area contributed by atoms with Gasteiger partial charge in [-0.2, -0.15) is 0 Å². The summed E-state index contributed by atoms with van der Waals surface area (Å²) in [6, 6.07) is -0.926. The summed E-state index contributed by atoms with van der Waals surface area (Å²) in [5.41, 5.74) is 4.84. The van der Waals surface area contributed by atoms with Crippen molar-refractivity contribution in [2.75, 3.05) is 13.7 Å². The Morgan fingerprint density at radius 3 is 2.24 bits per heavy atom. The summed E-state index contributed by atoms with van der Waals surface area (Å²) in [6.45, 7) is 5.48. The lowest BCUT2D eigenvalue weighted by atomic mass is 9.86. The molecule has 6 nitrogen and oxygen atoms in total. The minimum absolute atomic E-state index is 0.0624. The van der Waals surface area contributed by atoms with Gasteiger partial charge in [0.2, 0.25) is 5.91 Å².